The van der Waals surface area contributed by atoms with Gasteiger partial charge < -0.3 is 9.51 Å². The Morgan fingerprint density at radius 2 is 2.00 bits per heavy atom. The van der Waals surface area contributed by atoms with Crippen molar-refractivity contribution in [1.29, 1.82) is 0 Å². The predicted molar refractivity (Wildman–Crippen MR) is 123 cm³/mol. The maximum atomic E-state index is 13.2. The number of fused-ring (bicyclic) bond motifs is 1. The predicted octanol–water partition coefficient (Wildman–Crippen LogP) is 4.69. The summed E-state index contributed by atoms with van der Waals surface area (Å²) < 4.78 is 1.84. The number of nitrogens with zero attached hydrogens (tertiary/aromatic N) is 4. The summed E-state index contributed by atoms with van der Waals surface area (Å²) in [5.74, 6) is -1.88. The molecule has 0 spiro atoms. The molecule has 5 rings (SSSR count). The maximum Gasteiger partial charge on any atom is 0.301 e. The molecular formula is C23H17ClN4O3S. The van der Waals surface area contributed by atoms with Crippen LogP contribution in [0.15, 0.2) is 59.7 Å². The van der Waals surface area contributed by atoms with Crippen LogP contribution < -0.4 is 4.90 Å². The van der Waals surface area contributed by atoms with Crippen LogP contribution in [0.1, 0.15) is 28.6 Å². The van der Waals surface area contributed by atoms with Gasteiger partial charge in [-0.1, -0.05) is 29.8 Å². The Balaban J connectivity index is 1.78. The number of pyridine rings is 1. The summed E-state index contributed by atoms with van der Waals surface area (Å²) in [7, 11) is 0. The maximum absolute atomic E-state index is 13.2. The second-order valence-electron chi connectivity index (χ2n) is 7.47. The molecule has 4 aromatic rings. The third kappa shape index (κ3) is 3.03. The lowest BCUT2D eigenvalue weighted by atomic mass is 9.96. The van der Waals surface area contributed by atoms with Crippen molar-refractivity contribution >= 4 is 51.2 Å². The molecule has 1 atom stereocenters. The van der Waals surface area contributed by atoms with Gasteiger partial charge in [-0.2, -0.15) is 0 Å². The van der Waals surface area contributed by atoms with E-state index in [1.54, 1.807) is 42.8 Å². The molecule has 1 aliphatic heterocycles. The van der Waals surface area contributed by atoms with Crippen molar-refractivity contribution in [2.75, 3.05) is 4.90 Å². The van der Waals surface area contributed by atoms with Crippen molar-refractivity contribution in [3.8, 4) is 0 Å². The van der Waals surface area contributed by atoms with Crippen molar-refractivity contribution < 1.29 is 14.7 Å². The second-order valence-corrected chi connectivity index (χ2v) is 8.78. The number of halogens is 1. The monoisotopic (exact) mass is 464 g/mol. The van der Waals surface area contributed by atoms with E-state index < -0.39 is 17.7 Å². The summed E-state index contributed by atoms with van der Waals surface area (Å²) in [4.78, 5) is 36.4. The average molecular weight is 465 g/mol. The molecule has 0 bridgehead atoms. The van der Waals surface area contributed by atoms with Crippen molar-refractivity contribution in [1.82, 2.24) is 14.4 Å². The van der Waals surface area contributed by atoms with Gasteiger partial charge in [-0.25, -0.2) is 9.97 Å². The van der Waals surface area contributed by atoms with Gasteiger partial charge in [-0.3, -0.25) is 14.5 Å². The number of thiazole rings is 1. The van der Waals surface area contributed by atoms with Crippen LogP contribution in [0, 0.1) is 13.8 Å². The van der Waals surface area contributed by atoms with Crippen LogP contribution >= 0.6 is 22.9 Å². The number of aliphatic hydroxyl groups is 1. The fourth-order valence-electron chi connectivity index (χ4n) is 4.03. The van der Waals surface area contributed by atoms with E-state index >= 15 is 0 Å². The molecule has 1 N–H and O–H groups in total. The standard InChI is InChI=1S/C23H17ClN4O3S/c1-12-5-4-9-27-13(2)17(26-21(12)27)19(29)16-18(14-6-3-7-15(24)11-14)28(22(31)20(16)30)23-25-8-10-32-23/h3-11,18,29H,1-2H3/b19-16+. The van der Waals surface area contributed by atoms with Crippen LogP contribution in [0.25, 0.3) is 11.4 Å². The molecule has 1 aliphatic rings. The number of Topliss-reactive ketones (excluding diaryl/α,β-unsaturated/α-hetero) is 1. The third-order valence-corrected chi connectivity index (χ3v) is 6.55. The van der Waals surface area contributed by atoms with Crippen LogP contribution in [0.5, 0.6) is 0 Å². The van der Waals surface area contributed by atoms with Crippen molar-refractivity contribution in [2.24, 2.45) is 0 Å². The first kappa shape index (κ1) is 20.4. The number of ketones is 1. The van der Waals surface area contributed by atoms with Gasteiger partial charge in [-0.15, -0.1) is 11.3 Å². The van der Waals surface area contributed by atoms with Gasteiger partial charge in [0, 0.05) is 22.8 Å². The summed E-state index contributed by atoms with van der Waals surface area (Å²) in [5, 5.41) is 13.9. The lowest BCUT2D eigenvalue weighted by Gasteiger charge is -2.22. The molecule has 1 aromatic carbocycles. The first-order chi connectivity index (χ1) is 15.4. The first-order valence-corrected chi connectivity index (χ1v) is 11.0. The number of amides is 1. The molecule has 1 fully saturated rings. The molecule has 0 aliphatic carbocycles. The van der Waals surface area contributed by atoms with E-state index in [1.807, 2.05) is 29.7 Å². The summed E-state index contributed by atoms with van der Waals surface area (Å²) in [6.45, 7) is 3.72. The zero-order valence-electron chi connectivity index (χ0n) is 17.1. The van der Waals surface area contributed by atoms with Gasteiger partial charge in [0.15, 0.2) is 10.9 Å². The zero-order chi connectivity index (χ0) is 22.6. The average Bonchev–Trinajstić information content (AvgIpc) is 3.47. The highest BCUT2D eigenvalue weighted by Gasteiger charge is 2.48. The Hall–Kier alpha value is -3.49. The minimum atomic E-state index is -0.884. The molecule has 1 amide bonds. The number of aryl methyl sites for hydroxylation is 2. The van der Waals surface area contributed by atoms with Gasteiger partial charge >= 0.3 is 5.91 Å². The molecule has 32 heavy (non-hydrogen) atoms. The summed E-state index contributed by atoms with van der Waals surface area (Å²) >= 11 is 7.45. The second kappa shape index (κ2) is 7.58. The molecule has 7 nitrogen and oxygen atoms in total. The number of aromatic nitrogens is 3. The van der Waals surface area contributed by atoms with Gasteiger partial charge in [-0.05, 0) is 43.2 Å². The Morgan fingerprint density at radius 3 is 2.69 bits per heavy atom. The number of rotatable bonds is 3. The van der Waals surface area contributed by atoms with E-state index in [0.29, 0.717) is 27.1 Å². The number of aliphatic hydroxyl groups excluding tert-OH is 1. The van der Waals surface area contributed by atoms with Crippen LogP contribution in [0.4, 0.5) is 5.13 Å². The molecule has 0 radical (unpaired) electrons. The van der Waals surface area contributed by atoms with E-state index in [2.05, 4.69) is 9.97 Å². The number of hydrogen-bond acceptors (Lipinski definition) is 6. The quantitative estimate of drug-likeness (QED) is 0.270. The third-order valence-electron chi connectivity index (χ3n) is 5.54. The number of hydrogen-bond donors (Lipinski definition) is 1. The highest BCUT2D eigenvalue weighted by molar-refractivity contribution is 7.14. The Labute approximate surface area is 192 Å². The number of anilines is 1. The lowest BCUT2D eigenvalue weighted by Crippen LogP contribution is -2.29. The molecule has 4 heterocycles. The Bertz CT molecular complexity index is 1420. The number of carbonyl (C=O) groups excluding carboxylic acids is 2. The van der Waals surface area contributed by atoms with E-state index in [9.17, 15) is 14.7 Å². The minimum Gasteiger partial charge on any atom is -0.505 e. The van der Waals surface area contributed by atoms with Crippen LogP contribution in [-0.2, 0) is 9.59 Å². The fourth-order valence-corrected chi connectivity index (χ4v) is 4.90. The number of carbonyl (C=O) groups is 2. The molecule has 1 unspecified atom stereocenters. The fraction of sp³-hybridized carbons (Fsp3) is 0.130. The molecule has 0 saturated carbocycles. The molecule has 160 valence electrons. The van der Waals surface area contributed by atoms with E-state index in [0.717, 1.165) is 5.56 Å². The number of benzene rings is 1. The normalized spacial score (nSPS) is 18.1. The SMILES string of the molecule is Cc1cccn2c(C)c(/C(O)=C3\C(=O)C(=O)N(c4nccs4)C3c3cccc(Cl)c3)nc12. The first-order valence-electron chi connectivity index (χ1n) is 9.79. The van der Waals surface area contributed by atoms with E-state index in [4.69, 9.17) is 11.6 Å². The van der Waals surface area contributed by atoms with Crippen molar-refractivity contribution in [3.05, 3.63) is 87.3 Å². The smallest absolute Gasteiger partial charge is 0.301 e. The molecular weight excluding hydrogens is 448 g/mol. The van der Waals surface area contributed by atoms with Gasteiger partial charge in [0.25, 0.3) is 5.78 Å². The van der Waals surface area contributed by atoms with Crippen molar-refractivity contribution in [2.45, 2.75) is 19.9 Å². The zero-order valence-corrected chi connectivity index (χ0v) is 18.7. The van der Waals surface area contributed by atoms with E-state index in [-0.39, 0.29) is 17.0 Å². The summed E-state index contributed by atoms with van der Waals surface area (Å²) in [5.41, 5.74) is 3.04. The minimum absolute atomic E-state index is 0.0448. The van der Waals surface area contributed by atoms with Gasteiger partial charge in [0.2, 0.25) is 0 Å². The summed E-state index contributed by atoms with van der Waals surface area (Å²) in [6.07, 6.45) is 3.40. The Morgan fingerprint density at radius 1 is 1.19 bits per heavy atom. The molecule has 9 heteroatoms. The summed E-state index contributed by atoms with van der Waals surface area (Å²) in [6, 6.07) is 9.79. The van der Waals surface area contributed by atoms with Gasteiger partial charge in [0.1, 0.15) is 11.3 Å². The topological polar surface area (TPSA) is 87.8 Å². The highest BCUT2D eigenvalue weighted by Crippen LogP contribution is 2.43. The molecule has 1 saturated heterocycles. The Kier molecular flexibility index (Phi) is 4.83. The van der Waals surface area contributed by atoms with E-state index in [1.165, 1.54) is 16.2 Å². The lowest BCUT2D eigenvalue weighted by molar-refractivity contribution is -0.132. The largest absolute Gasteiger partial charge is 0.505 e. The number of imidazole rings is 1. The van der Waals surface area contributed by atoms with Gasteiger partial charge in [0.05, 0.1) is 17.3 Å². The van der Waals surface area contributed by atoms with Crippen LogP contribution in [0.3, 0.4) is 0 Å². The van der Waals surface area contributed by atoms with Crippen LogP contribution in [-0.4, -0.2) is 31.2 Å². The molecule has 3 aromatic heterocycles. The highest BCUT2D eigenvalue weighted by atomic mass is 35.5. The van der Waals surface area contributed by atoms with Crippen LogP contribution in [0.2, 0.25) is 5.02 Å². The van der Waals surface area contributed by atoms with Crippen molar-refractivity contribution in [3.63, 3.8) is 0 Å².